The zero-order valence-corrected chi connectivity index (χ0v) is 15.3. The van der Waals surface area contributed by atoms with Crippen LogP contribution in [0.4, 0.5) is 4.79 Å². The number of carbonyl (C=O) groups is 1. The molecule has 0 radical (unpaired) electrons. The molecule has 0 saturated heterocycles. The van der Waals surface area contributed by atoms with E-state index >= 15 is 0 Å². The summed E-state index contributed by atoms with van der Waals surface area (Å²) in [6, 6.07) is 1.69. The largest absolute Gasteiger partial charge is 0.466 e. The van der Waals surface area contributed by atoms with Gasteiger partial charge in [-0.25, -0.2) is 4.79 Å². The number of carbonyl (C=O) groups excluding carboxylic acids is 1. The Morgan fingerprint density at radius 2 is 2.16 bits per heavy atom. The average Bonchev–Trinajstić information content (AvgIpc) is 3.01. The minimum absolute atomic E-state index is 0.0955. The van der Waals surface area contributed by atoms with Gasteiger partial charge in [0.1, 0.15) is 23.2 Å². The predicted octanol–water partition coefficient (Wildman–Crippen LogP) is 2.82. The van der Waals surface area contributed by atoms with E-state index in [0.29, 0.717) is 13.0 Å². The Kier molecular flexibility index (Phi) is 5.40. The molecule has 2 amide bonds. The highest BCUT2D eigenvalue weighted by Crippen LogP contribution is 2.21. The van der Waals surface area contributed by atoms with Gasteiger partial charge in [0, 0.05) is 31.5 Å². The Morgan fingerprint density at radius 1 is 1.32 bits per heavy atom. The van der Waals surface area contributed by atoms with Gasteiger partial charge < -0.3 is 19.6 Å². The van der Waals surface area contributed by atoms with Crippen molar-refractivity contribution in [3.05, 3.63) is 34.8 Å². The van der Waals surface area contributed by atoms with Crippen LogP contribution in [0.15, 0.2) is 10.5 Å². The molecule has 2 aromatic rings. The number of urea groups is 1. The maximum absolute atomic E-state index is 12.1. The summed E-state index contributed by atoms with van der Waals surface area (Å²) in [6.45, 7) is 7.30. The molecule has 7 nitrogen and oxygen atoms in total. The normalized spacial score (nSPS) is 15.3. The fourth-order valence-corrected chi connectivity index (χ4v) is 3.42. The summed E-state index contributed by atoms with van der Waals surface area (Å²) in [6.07, 6.45) is 5.30. The molecule has 0 saturated carbocycles. The second-order valence-corrected chi connectivity index (χ2v) is 6.74. The van der Waals surface area contributed by atoms with Crippen molar-refractivity contribution < 1.29 is 9.21 Å². The van der Waals surface area contributed by atoms with Gasteiger partial charge in [-0.05, 0) is 39.7 Å². The van der Waals surface area contributed by atoms with E-state index in [4.69, 9.17) is 4.42 Å². The topological polar surface area (TPSA) is 85.0 Å². The highest BCUT2D eigenvalue weighted by molar-refractivity contribution is 5.74. The highest BCUT2D eigenvalue weighted by Gasteiger charge is 2.16. The summed E-state index contributed by atoms with van der Waals surface area (Å²) >= 11 is 0. The smallest absolute Gasteiger partial charge is 0.315 e. The van der Waals surface area contributed by atoms with E-state index in [2.05, 4.69) is 25.4 Å². The van der Waals surface area contributed by atoms with Crippen LogP contribution in [0.1, 0.15) is 61.0 Å². The molecule has 0 spiro atoms. The molecule has 0 unspecified atom stereocenters. The van der Waals surface area contributed by atoms with Gasteiger partial charge >= 0.3 is 6.03 Å². The van der Waals surface area contributed by atoms with E-state index in [1.54, 1.807) is 0 Å². The third kappa shape index (κ3) is 4.21. The van der Waals surface area contributed by atoms with Crippen LogP contribution in [0, 0.1) is 13.8 Å². The van der Waals surface area contributed by atoms with Crippen LogP contribution >= 0.6 is 0 Å². The van der Waals surface area contributed by atoms with E-state index in [9.17, 15) is 4.79 Å². The first kappa shape index (κ1) is 17.5. The summed E-state index contributed by atoms with van der Waals surface area (Å²) in [7, 11) is 0. The number of aryl methyl sites for hydroxylation is 3. The minimum atomic E-state index is -0.179. The quantitative estimate of drug-likeness (QED) is 0.872. The molecule has 0 fully saturated rings. The van der Waals surface area contributed by atoms with Crippen molar-refractivity contribution in [1.29, 1.82) is 0 Å². The minimum Gasteiger partial charge on any atom is -0.466 e. The van der Waals surface area contributed by atoms with Crippen LogP contribution in [0.25, 0.3) is 0 Å². The van der Waals surface area contributed by atoms with E-state index in [-0.39, 0.29) is 12.1 Å². The van der Waals surface area contributed by atoms with Crippen molar-refractivity contribution in [3.63, 3.8) is 0 Å². The van der Waals surface area contributed by atoms with Crippen molar-refractivity contribution in [3.8, 4) is 0 Å². The van der Waals surface area contributed by atoms with Gasteiger partial charge in [0.05, 0.1) is 6.04 Å². The molecule has 0 aliphatic carbocycles. The Morgan fingerprint density at radius 3 is 2.92 bits per heavy atom. The molecule has 0 aromatic carbocycles. The molecule has 3 heterocycles. The van der Waals surface area contributed by atoms with Gasteiger partial charge in [0.15, 0.2) is 0 Å². The van der Waals surface area contributed by atoms with Crippen LogP contribution in [-0.2, 0) is 19.4 Å². The monoisotopic (exact) mass is 345 g/mol. The molecule has 1 aliphatic rings. The summed E-state index contributed by atoms with van der Waals surface area (Å²) in [5, 5.41) is 14.4. The standard InChI is InChI=1S/C18H27N5O2/c1-12-11-15(14(3)25-12)13(2)20-18(24)19-9-8-17-22-21-16-7-5-4-6-10-23(16)17/h11,13H,4-10H2,1-3H3,(H2,19,20,24)/t13-/m0/s1. The number of hydrogen-bond donors (Lipinski definition) is 2. The van der Waals surface area contributed by atoms with E-state index in [1.165, 1.54) is 19.3 Å². The van der Waals surface area contributed by atoms with Gasteiger partial charge in [-0.1, -0.05) is 6.42 Å². The van der Waals surface area contributed by atoms with Gasteiger partial charge in [0.2, 0.25) is 0 Å². The van der Waals surface area contributed by atoms with Crippen molar-refractivity contribution in [2.75, 3.05) is 6.54 Å². The SMILES string of the molecule is Cc1cc([C@H](C)NC(=O)NCCc2nnc3n2CCCCC3)c(C)o1. The lowest BCUT2D eigenvalue weighted by molar-refractivity contribution is 0.238. The number of fused-ring (bicyclic) bond motifs is 1. The summed E-state index contributed by atoms with van der Waals surface area (Å²) in [5.74, 6) is 3.74. The predicted molar refractivity (Wildman–Crippen MR) is 94.4 cm³/mol. The van der Waals surface area contributed by atoms with Crippen LogP contribution in [0.2, 0.25) is 0 Å². The van der Waals surface area contributed by atoms with E-state index in [1.807, 2.05) is 26.8 Å². The molecule has 1 atom stereocenters. The number of furan rings is 1. The second kappa shape index (κ2) is 7.72. The fourth-order valence-electron chi connectivity index (χ4n) is 3.42. The Bertz CT molecular complexity index is 734. The Labute approximate surface area is 148 Å². The fraction of sp³-hybridized carbons (Fsp3) is 0.611. The molecule has 7 heteroatoms. The number of aromatic nitrogens is 3. The van der Waals surface area contributed by atoms with Crippen molar-refractivity contribution >= 4 is 6.03 Å². The van der Waals surface area contributed by atoms with Crippen LogP contribution in [0.3, 0.4) is 0 Å². The summed E-state index contributed by atoms with van der Waals surface area (Å²) in [5.41, 5.74) is 1.01. The lowest BCUT2D eigenvalue weighted by Gasteiger charge is -2.14. The highest BCUT2D eigenvalue weighted by atomic mass is 16.3. The molecule has 2 aromatic heterocycles. The van der Waals surface area contributed by atoms with Crippen molar-refractivity contribution in [2.45, 2.75) is 65.5 Å². The van der Waals surface area contributed by atoms with Gasteiger partial charge in [-0.3, -0.25) is 0 Å². The first-order valence-corrected chi connectivity index (χ1v) is 9.07. The van der Waals surface area contributed by atoms with Gasteiger partial charge in [-0.15, -0.1) is 10.2 Å². The molecular weight excluding hydrogens is 318 g/mol. The second-order valence-electron chi connectivity index (χ2n) is 6.74. The number of nitrogens with zero attached hydrogens (tertiary/aromatic N) is 3. The molecule has 1 aliphatic heterocycles. The molecule has 3 rings (SSSR count). The summed E-state index contributed by atoms with van der Waals surface area (Å²) < 4.78 is 7.74. The van der Waals surface area contributed by atoms with Crippen LogP contribution in [-0.4, -0.2) is 27.3 Å². The third-order valence-corrected chi connectivity index (χ3v) is 4.71. The summed E-state index contributed by atoms with van der Waals surface area (Å²) in [4.78, 5) is 12.1. The zero-order valence-electron chi connectivity index (χ0n) is 15.3. The first-order chi connectivity index (χ1) is 12.0. The van der Waals surface area contributed by atoms with E-state index in [0.717, 1.165) is 41.7 Å². The van der Waals surface area contributed by atoms with Gasteiger partial charge in [-0.2, -0.15) is 0 Å². The maximum Gasteiger partial charge on any atom is 0.315 e. The average molecular weight is 345 g/mol. The number of rotatable bonds is 5. The van der Waals surface area contributed by atoms with Crippen molar-refractivity contribution in [2.24, 2.45) is 0 Å². The zero-order chi connectivity index (χ0) is 17.8. The number of hydrogen-bond acceptors (Lipinski definition) is 4. The first-order valence-electron chi connectivity index (χ1n) is 9.07. The maximum atomic E-state index is 12.1. The molecule has 2 N–H and O–H groups in total. The number of amides is 2. The van der Waals surface area contributed by atoms with E-state index < -0.39 is 0 Å². The van der Waals surface area contributed by atoms with Gasteiger partial charge in [0.25, 0.3) is 0 Å². The number of nitrogens with one attached hydrogen (secondary N) is 2. The van der Waals surface area contributed by atoms with Crippen LogP contribution in [0.5, 0.6) is 0 Å². The van der Waals surface area contributed by atoms with Crippen molar-refractivity contribution in [1.82, 2.24) is 25.4 Å². The molecular formula is C18H27N5O2. The molecule has 136 valence electrons. The van der Waals surface area contributed by atoms with Crippen LogP contribution < -0.4 is 10.6 Å². The Hall–Kier alpha value is -2.31. The lowest BCUT2D eigenvalue weighted by atomic mass is 10.1. The lowest BCUT2D eigenvalue weighted by Crippen LogP contribution is -2.38. The molecule has 0 bridgehead atoms. The Balaban J connectivity index is 1.48. The molecule has 25 heavy (non-hydrogen) atoms. The third-order valence-electron chi connectivity index (χ3n) is 4.71.